The Labute approximate surface area is 559 Å². The van der Waals surface area contributed by atoms with Gasteiger partial charge in [0.1, 0.15) is 17.5 Å². The molecule has 5 heterocycles. The zero-order chi connectivity index (χ0) is 67.3. The minimum Gasteiger partial charge on any atom is -0.456 e. The lowest BCUT2D eigenvalue weighted by Crippen LogP contribution is -2.47. The number of rotatable bonds is 21. The molecule has 0 bridgehead atoms. The van der Waals surface area contributed by atoms with E-state index in [9.17, 15) is 19.2 Å². The van der Waals surface area contributed by atoms with E-state index in [1.54, 1.807) is 0 Å². The number of fused-ring (bicyclic) bond motifs is 8. The molecule has 12 rings (SSSR count). The molecule has 14 nitrogen and oxygen atoms in total. The first-order valence-electron chi connectivity index (χ1n) is 34.1. The number of hydrogen-bond donors (Lipinski definition) is 6. The van der Waals surface area contributed by atoms with Crippen LogP contribution in [0.1, 0.15) is 211 Å². The van der Waals surface area contributed by atoms with Crippen LogP contribution in [0.4, 0.5) is 11.4 Å². The maximum atomic E-state index is 13.9. The van der Waals surface area contributed by atoms with Crippen molar-refractivity contribution in [1.82, 2.24) is 21.3 Å². The molecule has 1 atom stereocenters. The van der Waals surface area contributed by atoms with Crippen LogP contribution >= 0.6 is 0 Å². The summed E-state index contributed by atoms with van der Waals surface area (Å²) in [6, 6.07) is 32.7. The summed E-state index contributed by atoms with van der Waals surface area (Å²) in [7, 11) is 0. The summed E-state index contributed by atoms with van der Waals surface area (Å²) in [5.41, 5.74) is 20.4. The van der Waals surface area contributed by atoms with Crippen LogP contribution in [-0.2, 0) is 20.7 Å². The Kier molecular flexibility index (Phi) is 18.2. The number of benzene rings is 6. The molecule has 1 unspecified atom stereocenters. The molecule has 95 heavy (non-hydrogen) atoms. The highest BCUT2D eigenvalue weighted by Gasteiger charge is 2.32. The molecule has 0 saturated carbocycles. The van der Waals surface area contributed by atoms with Crippen molar-refractivity contribution in [2.24, 2.45) is 9.98 Å². The summed E-state index contributed by atoms with van der Waals surface area (Å²) in [6.07, 6.45) is 14.5. The van der Waals surface area contributed by atoms with E-state index in [4.69, 9.17) is 19.5 Å². The van der Waals surface area contributed by atoms with Gasteiger partial charge in [0.15, 0.2) is 0 Å². The average Bonchev–Trinajstić information content (AvgIpc) is 0.736. The van der Waals surface area contributed by atoms with Crippen molar-refractivity contribution >= 4 is 68.4 Å². The molecule has 0 saturated heterocycles. The van der Waals surface area contributed by atoms with Crippen LogP contribution in [0.5, 0.6) is 11.5 Å². The van der Waals surface area contributed by atoms with Crippen LogP contribution in [0.3, 0.4) is 0 Å². The van der Waals surface area contributed by atoms with Gasteiger partial charge in [-0.1, -0.05) is 74.8 Å². The highest BCUT2D eigenvalue weighted by molar-refractivity contribution is 5.99. The summed E-state index contributed by atoms with van der Waals surface area (Å²) in [4.78, 5) is 64.0. The van der Waals surface area contributed by atoms with Gasteiger partial charge in [0.25, 0.3) is 11.8 Å². The number of anilines is 2. The highest BCUT2D eigenvalue weighted by Crippen LogP contribution is 2.45. The standard InChI is InChI=1S/C81H92N8O6/c1-14-15-19-65(85-76(92)54-27-23-52(24-28-54)74-63-39-59-49(4)45-80(10,11)88-68(59)41-70(63)95-71-42-69-60(40-64(71)74)50(5)46-81(12,13)89-69)77(93)84-31-33-94-32-30-82-72(90)20-17-16-18-29-83-75(91)53-25-21-51(22-26-53)73-61-37-57-47(2)43-78(6,7)86-66(57)35-55(61)34-56-36-67-58(38-62(56)73)48(3)44-79(8,9)87-67/h21-28,35-46,65,86,88H,14-20,29-34H2,1-13H3,(H,82,90)(H,83,91)(H,84,93)(H,85,92). The number of amides is 4. The fourth-order valence-corrected chi connectivity index (χ4v) is 14.8. The predicted octanol–water partition coefficient (Wildman–Crippen LogP) is 12.6. The van der Waals surface area contributed by atoms with E-state index in [1.165, 1.54) is 44.2 Å². The smallest absolute Gasteiger partial charge is 0.251 e. The summed E-state index contributed by atoms with van der Waals surface area (Å²) in [6.45, 7) is 29.6. The third kappa shape index (κ3) is 14.3. The molecule has 6 aromatic rings. The van der Waals surface area contributed by atoms with Crippen molar-refractivity contribution in [2.45, 2.75) is 170 Å². The number of allylic oxidation sites excluding steroid dienone is 4. The van der Waals surface area contributed by atoms with Crippen molar-refractivity contribution in [2.75, 3.05) is 43.5 Å². The number of carbonyl (C=O) groups is 4. The molecule has 0 aromatic heterocycles. The number of hydrogen-bond acceptors (Lipinski definition) is 10. The summed E-state index contributed by atoms with van der Waals surface area (Å²) >= 11 is 0. The number of unbranched alkanes of at least 4 members (excludes halogenated alkanes) is 3. The minimum atomic E-state index is -0.734. The Morgan fingerprint density at radius 1 is 0.526 bits per heavy atom. The first-order valence-corrected chi connectivity index (χ1v) is 34.1. The lowest BCUT2D eigenvalue weighted by atomic mass is 9.79. The van der Waals surface area contributed by atoms with E-state index in [0.29, 0.717) is 43.5 Å². The van der Waals surface area contributed by atoms with Crippen LogP contribution in [-0.4, -0.2) is 84.7 Å². The van der Waals surface area contributed by atoms with Gasteiger partial charge in [0.2, 0.25) is 11.8 Å². The van der Waals surface area contributed by atoms with Gasteiger partial charge in [0, 0.05) is 99.3 Å². The van der Waals surface area contributed by atoms with Gasteiger partial charge in [-0.3, -0.25) is 29.2 Å². The lowest BCUT2D eigenvalue weighted by molar-refractivity contribution is -0.123. The fourth-order valence-electron chi connectivity index (χ4n) is 14.8. The molecule has 0 fully saturated rings. The second kappa shape index (κ2) is 26.2. The van der Waals surface area contributed by atoms with Crippen LogP contribution in [0.15, 0.2) is 131 Å². The molecule has 6 aliphatic rings. The maximum absolute atomic E-state index is 13.9. The topological polar surface area (TPSA) is 184 Å². The van der Waals surface area contributed by atoms with E-state index >= 15 is 0 Å². The third-order valence-corrected chi connectivity index (χ3v) is 18.9. The quantitative estimate of drug-likeness (QED) is 0.0384. The van der Waals surface area contributed by atoms with Crippen LogP contribution in [0.2, 0.25) is 0 Å². The lowest BCUT2D eigenvalue weighted by Gasteiger charge is -2.33. The summed E-state index contributed by atoms with van der Waals surface area (Å²) in [5.74, 6) is 0.661. The molecular formula is C81H92N8O6. The van der Waals surface area contributed by atoms with Gasteiger partial charge < -0.3 is 41.4 Å². The minimum absolute atomic E-state index is 0.0633. The van der Waals surface area contributed by atoms with Crippen LogP contribution in [0, 0.1) is 0 Å². The molecule has 1 aliphatic carbocycles. The molecule has 6 aromatic carbocycles. The van der Waals surface area contributed by atoms with Gasteiger partial charge in [-0.2, -0.15) is 0 Å². The first-order chi connectivity index (χ1) is 45.2. The molecule has 6 N–H and O–H groups in total. The van der Waals surface area contributed by atoms with Gasteiger partial charge >= 0.3 is 0 Å². The van der Waals surface area contributed by atoms with Gasteiger partial charge in [-0.05, 0) is 230 Å². The number of carbonyl (C=O) groups excluding carboxylic acids is 4. The van der Waals surface area contributed by atoms with Gasteiger partial charge in [-0.25, -0.2) is 0 Å². The van der Waals surface area contributed by atoms with E-state index < -0.39 is 6.04 Å². The molecule has 5 aliphatic heterocycles. The van der Waals surface area contributed by atoms with Crippen LogP contribution in [0.25, 0.3) is 33.4 Å². The van der Waals surface area contributed by atoms with E-state index in [0.717, 1.165) is 121 Å². The van der Waals surface area contributed by atoms with Crippen molar-refractivity contribution < 1.29 is 28.7 Å². The predicted molar refractivity (Wildman–Crippen MR) is 383 cm³/mol. The Morgan fingerprint density at radius 2 is 1.07 bits per heavy atom. The van der Waals surface area contributed by atoms with Crippen molar-refractivity contribution in [3.05, 3.63) is 209 Å². The Bertz CT molecular complexity index is 4540. The van der Waals surface area contributed by atoms with E-state index in [-0.39, 0.29) is 65.5 Å². The molecule has 492 valence electrons. The second-order valence-corrected chi connectivity index (χ2v) is 29.0. The summed E-state index contributed by atoms with van der Waals surface area (Å²) < 4.78 is 12.5. The SMILES string of the molecule is CCCCC(NC(=O)c1ccc(C2=c3cc4c(cc3Oc3cc5c(cc32)C(C)=CC(C)(C)N5)=NC(C)(C)C=C4C)cc1)C(=O)NCCOCCNC(=O)CCCCCNC(=O)c1ccc(C2=c3cc4c(cc3Cc3cc5c(cc32)C(C)=CC(C)(C)N5)=NC(C)(C)C=C4C)cc1. The van der Waals surface area contributed by atoms with E-state index in [1.807, 2.05) is 36.4 Å². The molecule has 0 spiro atoms. The molecule has 14 heteroatoms. The highest BCUT2D eigenvalue weighted by atomic mass is 16.5. The largest absolute Gasteiger partial charge is 0.456 e. The third-order valence-electron chi connectivity index (χ3n) is 18.9. The maximum Gasteiger partial charge on any atom is 0.251 e. The normalized spacial score (nSPS) is 17.0. The fraction of sp³-hybridized carbons (Fsp3) is 0.383. The average molecular weight is 1270 g/mol. The van der Waals surface area contributed by atoms with Crippen molar-refractivity contribution in [3.63, 3.8) is 0 Å². The van der Waals surface area contributed by atoms with Crippen molar-refractivity contribution in [3.8, 4) is 11.5 Å². The second-order valence-electron chi connectivity index (χ2n) is 29.0. The summed E-state index contributed by atoms with van der Waals surface area (Å²) in [5, 5.41) is 23.5. The zero-order valence-corrected chi connectivity index (χ0v) is 57.7. The molecular weight excluding hydrogens is 1180 g/mol. The van der Waals surface area contributed by atoms with E-state index in [2.05, 4.69) is 207 Å². The van der Waals surface area contributed by atoms with Gasteiger partial charge in [0.05, 0.1) is 46.1 Å². The Balaban J connectivity index is 0.594. The monoisotopic (exact) mass is 1270 g/mol. The first kappa shape index (κ1) is 65.9. The zero-order valence-electron chi connectivity index (χ0n) is 57.7. The number of nitrogens with one attached hydrogen (secondary N) is 6. The molecule has 4 amide bonds. The van der Waals surface area contributed by atoms with Gasteiger partial charge in [-0.15, -0.1) is 0 Å². The van der Waals surface area contributed by atoms with Crippen LogP contribution < -0.4 is 57.8 Å². The molecule has 0 radical (unpaired) electrons. The Morgan fingerprint density at radius 3 is 1.69 bits per heavy atom. The Hall–Kier alpha value is -9.14. The number of nitrogens with zero attached hydrogens (tertiary/aromatic N) is 2. The number of ether oxygens (including phenoxy) is 2. The van der Waals surface area contributed by atoms with Crippen molar-refractivity contribution in [1.29, 1.82) is 0 Å².